The van der Waals surface area contributed by atoms with Crippen molar-refractivity contribution in [3.05, 3.63) is 70.7 Å². The summed E-state index contributed by atoms with van der Waals surface area (Å²) in [5.74, 6) is -3.18. The lowest BCUT2D eigenvalue weighted by molar-refractivity contribution is -0.0412. The highest BCUT2D eigenvalue weighted by molar-refractivity contribution is 7.87. The first-order valence-corrected chi connectivity index (χ1v) is 11.8. The molecule has 12 heteroatoms. The summed E-state index contributed by atoms with van der Waals surface area (Å²) in [6, 6.07) is 15.5. The largest absolute Gasteiger partial charge is 0.352 e. The minimum absolute atomic E-state index is 0. The van der Waals surface area contributed by atoms with Crippen molar-refractivity contribution >= 4 is 46.0 Å². The van der Waals surface area contributed by atoms with Gasteiger partial charge in [0.1, 0.15) is 0 Å². The van der Waals surface area contributed by atoms with Crippen molar-refractivity contribution in [2.45, 2.75) is 24.7 Å². The number of carbonyl (C=O) groups excluding carboxylic acids is 1. The third-order valence-corrected chi connectivity index (χ3v) is 7.23. The van der Waals surface area contributed by atoms with Gasteiger partial charge in [-0.1, -0.05) is 54.1 Å². The normalized spacial score (nSPS) is 20.6. The molecule has 4 rings (SSSR count). The van der Waals surface area contributed by atoms with Gasteiger partial charge in [-0.25, -0.2) is 23.3 Å². The van der Waals surface area contributed by atoms with Gasteiger partial charge >= 0.3 is 16.2 Å². The summed E-state index contributed by atoms with van der Waals surface area (Å²) in [7, 11) is -4.27. The average molecular weight is 519 g/mol. The Labute approximate surface area is 202 Å². The zero-order valence-electron chi connectivity index (χ0n) is 17.3. The number of nitrogens with one attached hydrogen (secondary N) is 1. The Morgan fingerprint density at radius 1 is 1.06 bits per heavy atom. The van der Waals surface area contributed by atoms with Crippen LogP contribution >= 0.6 is 24.0 Å². The number of halogens is 4. The van der Waals surface area contributed by atoms with E-state index in [4.69, 9.17) is 11.6 Å². The molecule has 1 N–H and O–H groups in total. The van der Waals surface area contributed by atoms with Crippen molar-refractivity contribution in [2.75, 3.05) is 19.6 Å². The Balaban J connectivity index is 0.00000306. The monoisotopic (exact) mass is 518 g/mol. The van der Waals surface area contributed by atoms with Gasteiger partial charge in [-0.05, 0) is 23.3 Å². The summed E-state index contributed by atoms with van der Waals surface area (Å²) in [5, 5.41) is 6.00. The molecule has 2 aromatic carbocycles. The molecular weight excluding hydrogens is 497 g/mol. The lowest BCUT2D eigenvalue weighted by Gasteiger charge is -2.30. The second kappa shape index (κ2) is 9.92. The van der Waals surface area contributed by atoms with E-state index in [1.54, 1.807) is 24.3 Å². The minimum Gasteiger partial charge on any atom is -0.245 e. The maximum absolute atomic E-state index is 13.4. The molecule has 0 bridgehead atoms. The van der Waals surface area contributed by atoms with E-state index in [2.05, 4.69) is 5.10 Å². The highest BCUT2D eigenvalue weighted by atomic mass is 35.5. The Hall–Kier alpha value is -2.27. The summed E-state index contributed by atoms with van der Waals surface area (Å²) >= 11 is 5.98. The summed E-state index contributed by atoms with van der Waals surface area (Å²) < 4.78 is 54.7. The van der Waals surface area contributed by atoms with E-state index in [1.807, 2.05) is 35.1 Å². The van der Waals surface area contributed by atoms with Gasteiger partial charge < -0.3 is 0 Å². The number of carbonyl (C=O) groups is 1. The number of hydrazone groups is 1. The third-order valence-electron chi connectivity index (χ3n) is 5.50. The van der Waals surface area contributed by atoms with Gasteiger partial charge in [0.05, 0.1) is 12.3 Å². The quantitative estimate of drug-likeness (QED) is 0.656. The number of hydrogen-bond acceptors (Lipinski definition) is 4. The molecule has 1 fully saturated rings. The Kier molecular flexibility index (Phi) is 7.62. The topological polar surface area (TPSA) is 82.1 Å². The van der Waals surface area contributed by atoms with Crippen LogP contribution in [-0.4, -0.2) is 55.0 Å². The van der Waals surface area contributed by atoms with Gasteiger partial charge in [-0.15, -0.1) is 12.4 Å². The van der Waals surface area contributed by atoms with Crippen molar-refractivity contribution in [1.29, 1.82) is 0 Å². The smallest absolute Gasteiger partial charge is 0.245 e. The molecule has 2 amide bonds. The number of nitrogens with zero attached hydrogens (tertiary/aromatic N) is 3. The first-order chi connectivity index (χ1) is 15.1. The standard InChI is InChI=1S/C21H21ClF2N4O3S.ClH/c22-17-8-6-16(7-9-17)19-18(15-4-2-1-3-5-15)14-28(25-19)20(29)26-32(30,31)27-12-10-21(23,24)11-13-27;/h1-9,18H,10-14H2,(H,26,29);1H/t18-;/m0./s1. The molecule has 0 radical (unpaired) electrons. The molecule has 2 aromatic rings. The van der Waals surface area contributed by atoms with Crippen LogP contribution < -0.4 is 4.72 Å². The molecule has 0 spiro atoms. The number of hydrogen-bond donors (Lipinski definition) is 1. The van der Waals surface area contributed by atoms with Gasteiger partial charge in [-0.2, -0.15) is 17.8 Å². The molecule has 0 unspecified atom stereocenters. The van der Waals surface area contributed by atoms with E-state index in [0.29, 0.717) is 10.7 Å². The van der Waals surface area contributed by atoms with Crippen LogP contribution in [0.2, 0.25) is 5.02 Å². The van der Waals surface area contributed by atoms with E-state index in [-0.39, 0.29) is 38.0 Å². The molecule has 2 aliphatic heterocycles. The highest BCUT2D eigenvalue weighted by Crippen LogP contribution is 2.30. The minimum atomic E-state index is -4.27. The predicted octanol–water partition coefficient (Wildman–Crippen LogP) is 4.25. The molecule has 2 aliphatic rings. The second-order valence-corrected chi connectivity index (χ2v) is 9.81. The first kappa shape index (κ1) is 25.4. The lowest BCUT2D eigenvalue weighted by Crippen LogP contribution is -2.51. The maximum atomic E-state index is 13.4. The molecule has 1 atom stereocenters. The van der Waals surface area contributed by atoms with Crippen molar-refractivity contribution in [3.8, 4) is 0 Å². The number of piperidine rings is 1. The molecule has 0 saturated carbocycles. The van der Waals surface area contributed by atoms with Crippen LogP contribution in [0.25, 0.3) is 0 Å². The molecule has 0 aromatic heterocycles. The van der Waals surface area contributed by atoms with Crippen LogP contribution in [0.3, 0.4) is 0 Å². The molecule has 2 heterocycles. The first-order valence-electron chi connectivity index (χ1n) is 10.0. The van der Waals surface area contributed by atoms with Crippen molar-refractivity contribution in [2.24, 2.45) is 5.10 Å². The average Bonchev–Trinajstić information content (AvgIpc) is 3.20. The third kappa shape index (κ3) is 5.81. The fraction of sp³-hybridized carbons (Fsp3) is 0.333. The van der Waals surface area contributed by atoms with E-state index in [0.717, 1.165) is 20.4 Å². The van der Waals surface area contributed by atoms with Crippen LogP contribution in [0, 0.1) is 0 Å². The van der Waals surface area contributed by atoms with E-state index < -0.39 is 35.0 Å². The summed E-state index contributed by atoms with van der Waals surface area (Å²) in [6.07, 6.45) is -1.17. The summed E-state index contributed by atoms with van der Waals surface area (Å²) in [4.78, 5) is 12.8. The predicted molar refractivity (Wildman–Crippen MR) is 124 cm³/mol. The van der Waals surface area contributed by atoms with Gasteiger partial charge in [-0.3, -0.25) is 0 Å². The Bertz CT molecular complexity index is 1120. The number of alkyl halides is 2. The number of benzene rings is 2. The Morgan fingerprint density at radius 2 is 1.67 bits per heavy atom. The van der Waals surface area contributed by atoms with E-state index in [1.165, 1.54) is 0 Å². The maximum Gasteiger partial charge on any atom is 0.352 e. The van der Waals surface area contributed by atoms with Crippen molar-refractivity contribution in [3.63, 3.8) is 0 Å². The van der Waals surface area contributed by atoms with Gasteiger partial charge in [0.15, 0.2) is 0 Å². The van der Waals surface area contributed by atoms with Crippen LogP contribution in [0.15, 0.2) is 59.7 Å². The number of rotatable bonds is 4. The lowest BCUT2D eigenvalue weighted by atomic mass is 9.91. The van der Waals surface area contributed by atoms with Crippen LogP contribution in [0.1, 0.15) is 29.9 Å². The molecular formula is C21H22Cl2F2N4O3S. The van der Waals surface area contributed by atoms with Gasteiger partial charge in [0, 0.05) is 36.9 Å². The zero-order valence-corrected chi connectivity index (χ0v) is 19.7. The SMILES string of the molecule is Cl.O=C(NS(=O)(=O)N1CCC(F)(F)CC1)N1C[C@@H](c2ccccc2)C(c2ccc(Cl)cc2)=N1. The molecule has 1 saturated heterocycles. The van der Waals surface area contributed by atoms with Crippen molar-refractivity contribution in [1.82, 2.24) is 14.0 Å². The fourth-order valence-corrected chi connectivity index (χ4v) is 4.98. The summed E-state index contributed by atoms with van der Waals surface area (Å²) in [6.45, 7) is -0.593. The van der Waals surface area contributed by atoms with Crippen molar-refractivity contribution < 1.29 is 22.0 Å². The fourth-order valence-electron chi connectivity index (χ4n) is 3.74. The Morgan fingerprint density at radius 3 is 2.27 bits per heavy atom. The molecule has 0 aliphatic carbocycles. The van der Waals surface area contributed by atoms with Crippen LogP contribution in [-0.2, 0) is 10.2 Å². The molecule has 178 valence electrons. The highest BCUT2D eigenvalue weighted by Gasteiger charge is 2.40. The zero-order chi connectivity index (χ0) is 22.9. The van der Waals surface area contributed by atoms with Crippen LogP contribution in [0.4, 0.5) is 13.6 Å². The van der Waals surface area contributed by atoms with Gasteiger partial charge in [0.25, 0.3) is 5.92 Å². The summed E-state index contributed by atoms with van der Waals surface area (Å²) in [5.41, 5.74) is 2.26. The van der Waals surface area contributed by atoms with Crippen LogP contribution in [0.5, 0.6) is 0 Å². The molecule has 33 heavy (non-hydrogen) atoms. The van der Waals surface area contributed by atoms with E-state index >= 15 is 0 Å². The second-order valence-electron chi connectivity index (χ2n) is 7.70. The van der Waals surface area contributed by atoms with E-state index in [9.17, 15) is 22.0 Å². The number of amides is 2. The molecule has 7 nitrogen and oxygen atoms in total. The van der Waals surface area contributed by atoms with Gasteiger partial charge in [0.2, 0.25) is 0 Å². The number of urea groups is 1.